The number of hydrogen-bond acceptors (Lipinski definition) is 7. The number of carbonyl (C=O) groups excluding carboxylic acids is 1. The highest BCUT2D eigenvalue weighted by atomic mass is 16.5. The third-order valence-electron chi connectivity index (χ3n) is 4.73. The fraction of sp³-hybridized carbons (Fsp3) is 0.381. The van der Waals surface area contributed by atoms with Gasteiger partial charge < -0.3 is 23.9 Å². The fourth-order valence-electron chi connectivity index (χ4n) is 3.13. The maximum absolute atomic E-state index is 12.3. The molecule has 29 heavy (non-hydrogen) atoms. The normalized spacial score (nSPS) is 12.0. The number of benzene rings is 1. The van der Waals surface area contributed by atoms with Gasteiger partial charge in [-0.3, -0.25) is 4.79 Å². The molecule has 8 nitrogen and oxygen atoms in total. The third-order valence-corrected chi connectivity index (χ3v) is 4.73. The molecule has 1 aromatic carbocycles. The predicted molar refractivity (Wildman–Crippen MR) is 109 cm³/mol. The van der Waals surface area contributed by atoms with Gasteiger partial charge >= 0.3 is 0 Å². The summed E-state index contributed by atoms with van der Waals surface area (Å²) in [4.78, 5) is 24.6. The number of nitrogens with zero attached hydrogens (tertiary/aromatic N) is 2. The Morgan fingerprint density at radius 2 is 1.79 bits per heavy atom. The molecule has 3 rings (SSSR count). The molecule has 1 N–H and O–H groups in total. The molecular formula is C21H25N3O5. The van der Waals surface area contributed by atoms with Crippen LogP contribution < -0.4 is 14.2 Å². The van der Waals surface area contributed by atoms with E-state index in [-0.39, 0.29) is 18.3 Å². The smallest absolute Gasteiger partial charge is 0.203 e. The Kier molecular flexibility index (Phi) is 6.33. The lowest BCUT2D eigenvalue weighted by molar-refractivity contribution is -0.120. The number of aromatic amines is 1. The zero-order chi connectivity index (χ0) is 21.0. The van der Waals surface area contributed by atoms with E-state index in [9.17, 15) is 4.79 Å². The van der Waals surface area contributed by atoms with E-state index in [0.717, 1.165) is 11.1 Å². The monoisotopic (exact) mass is 399 g/mol. The first kappa shape index (κ1) is 20.6. The van der Waals surface area contributed by atoms with Crippen LogP contribution in [-0.2, 0) is 16.0 Å². The van der Waals surface area contributed by atoms with E-state index >= 15 is 0 Å². The Morgan fingerprint density at radius 1 is 1.10 bits per heavy atom. The molecule has 0 bridgehead atoms. The summed E-state index contributed by atoms with van der Waals surface area (Å²) in [6, 6.07) is 3.63. The number of Topliss-reactive ketones (excluding diaryl/α,β-unsaturated/α-hetero) is 1. The van der Waals surface area contributed by atoms with Crippen LogP contribution in [0.25, 0.3) is 22.4 Å². The highest BCUT2D eigenvalue weighted by Crippen LogP contribution is 2.40. The number of aromatic nitrogens is 3. The standard InChI is InChI=1S/C21H25N3O5/c1-12(26-2)6-15(25)7-14-10-22-21-19(14)24-16(11-23-21)13-8-17(27-3)20(29-5)18(9-13)28-4/h8-12H,6-7H2,1-5H3,(H,22,23). The SMILES string of the molecule is COc1cc(-c2cnc3[nH]cc(CC(=O)CC(C)OC)c3n2)cc(OC)c1OC. The molecule has 3 aromatic rings. The number of rotatable bonds is 9. The zero-order valence-corrected chi connectivity index (χ0v) is 17.2. The third kappa shape index (κ3) is 4.32. The van der Waals surface area contributed by atoms with Crippen LogP contribution in [-0.4, -0.2) is 55.3 Å². The van der Waals surface area contributed by atoms with Gasteiger partial charge in [0.15, 0.2) is 17.1 Å². The largest absolute Gasteiger partial charge is 0.493 e. The second kappa shape index (κ2) is 8.91. The summed E-state index contributed by atoms with van der Waals surface area (Å²) in [5.74, 6) is 1.65. The van der Waals surface area contributed by atoms with Crippen LogP contribution in [0.3, 0.4) is 0 Å². The number of methoxy groups -OCH3 is 4. The summed E-state index contributed by atoms with van der Waals surface area (Å²) in [6.45, 7) is 1.87. The van der Waals surface area contributed by atoms with Gasteiger partial charge in [0.05, 0.1) is 39.3 Å². The minimum absolute atomic E-state index is 0.0836. The van der Waals surface area contributed by atoms with E-state index in [4.69, 9.17) is 23.9 Å². The van der Waals surface area contributed by atoms with Crippen LogP contribution >= 0.6 is 0 Å². The van der Waals surface area contributed by atoms with Crippen molar-refractivity contribution in [2.45, 2.75) is 25.9 Å². The Balaban J connectivity index is 1.98. The average molecular weight is 399 g/mol. The van der Waals surface area contributed by atoms with E-state index < -0.39 is 0 Å². The minimum atomic E-state index is -0.117. The molecule has 154 valence electrons. The molecule has 1 atom stereocenters. The number of hydrogen-bond donors (Lipinski definition) is 1. The fourth-order valence-corrected chi connectivity index (χ4v) is 3.13. The Hall–Kier alpha value is -3.13. The van der Waals surface area contributed by atoms with Crippen molar-refractivity contribution in [3.05, 3.63) is 30.1 Å². The summed E-state index contributed by atoms with van der Waals surface area (Å²) in [5, 5.41) is 0. The van der Waals surface area contributed by atoms with E-state index in [0.29, 0.717) is 40.5 Å². The van der Waals surface area contributed by atoms with Gasteiger partial charge in [-0.15, -0.1) is 0 Å². The molecule has 0 saturated heterocycles. The molecule has 0 aliphatic carbocycles. The molecule has 8 heteroatoms. The van der Waals surface area contributed by atoms with Crippen LogP contribution in [0.4, 0.5) is 0 Å². The van der Waals surface area contributed by atoms with Crippen LogP contribution in [0.5, 0.6) is 17.2 Å². The quantitative estimate of drug-likeness (QED) is 0.590. The van der Waals surface area contributed by atoms with Gasteiger partial charge in [0.1, 0.15) is 11.3 Å². The van der Waals surface area contributed by atoms with E-state index in [1.165, 1.54) is 0 Å². The van der Waals surface area contributed by atoms with Crippen LogP contribution in [0, 0.1) is 0 Å². The summed E-state index contributed by atoms with van der Waals surface area (Å²) in [5.41, 5.74) is 3.49. The van der Waals surface area contributed by atoms with E-state index in [1.807, 2.05) is 19.1 Å². The van der Waals surface area contributed by atoms with Crippen molar-refractivity contribution in [2.75, 3.05) is 28.4 Å². The maximum Gasteiger partial charge on any atom is 0.203 e. The molecule has 0 amide bonds. The van der Waals surface area contributed by atoms with Crippen LogP contribution in [0.2, 0.25) is 0 Å². The molecule has 2 heterocycles. The van der Waals surface area contributed by atoms with Gasteiger partial charge in [-0.1, -0.05) is 0 Å². The number of H-pyrrole nitrogens is 1. The number of carbonyl (C=O) groups is 1. The lowest BCUT2D eigenvalue weighted by atomic mass is 10.1. The van der Waals surface area contributed by atoms with Crippen molar-refractivity contribution in [2.24, 2.45) is 0 Å². The van der Waals surface area contributed by atoms with Gasteiger partial charge in [-0.25, -0.2) is 9.97 Å². The lowest BCUT2D eigenvalue weighted by Gasteiger charge is -2.14. The Labute approximate surface area is 169 Å². The van der Waals surface area contributed by atoms with Gasteiger partial charge in [-0.05, 0) is 19.1 Å². The van der Waals surface area contributed by atoms with Crippen LogP contribution in [0.15, 0.2) is 24.5 Å². The first-order valence-corrected chi connectivity index (χ1v) is 9.18. The lowest BCUT2D eigenvalue weighted by Crippen LogP contribution is -2.13. The second-order valence-electron chi connectivity index (χ2n) is 6.65. The first-order valence-electron chi connectivity index (χ1n) is 9.18. The van der Waals surface area contributed by atoms with Gasteiger partial charge in [0.2, 0.25) is 5.75 Å². The van der Waals surface area contributed by atoms with Crippen molar-refractivity contribution < 1.29 is 23.7 Å². The van der Waals surface area contributed by atoms with Crippen molar-refractivity contribution in [1.29, 1.82) is 0 Å². The molecule has 0 aliphatic rings. The molecular weight excluding hydrogens is 374 g/mol. The second-order valence-corrected chi connectivity index (χ2v) is 6.65. The van der Waals surface area contributed by atoms with Crippen molar-refractivity contribution >= 4 is 16.9 Å². The van der Waals surface area contributed by atoms with Crippen molar-refractivity contribution in [3.63, 3.8) is 0 Å². The van der Waals surface area contributed by atoms with Gasteiger partial charge in [0.25, 0.3) is 0 Å². The van der Waals surface area contributed by atoms with Crippen molar-refractivity contribution in [3.8, 4) is 28.5 Å². The van der Waals surface area contributed by atoms with Crippen LogP contribution in [0.1, 0.15) is 18.9 Å². The molecule has 0 saturated carbocycles. The molecule has 0 aliphatic heterocycles. The van der Waals surface area contributed by atoms with Gasteiger partial charge in [-0.2, -0.15) is 0 Å². The minimum Gasteiger partial charge on any atom is -0.493 e. The number of ketones is 1. The zero-order valence-electron chi connectivity index (χ0n) is 17.2. The average Bonchev–Trinajstić information content (AvgIpc) is 3.14. The molecule has 0 spiro atoms. The number of fused-ring (bicyclic) bond motifs is 1. The van der Waals surface area contributed by atoms with Crippen molar-refractivity contribution in [1.82, 2.24) is 15.0 Å². The van der Waals surface area contributed by atoms with E-state index in [2.05, 4.69) is 9.97 Å². The topological polar surface area (TPSA) is 95.6 Å². The molecule has 2 aromatic heterocycles. The Bertz CT molecular complexity index is 990. The maximum atomic E-state index is 12.3. The summed E-state index contributed by atoms with van der Waals surface area (Å²) in [7, 11) is 6.28. The summed E-state index contributed by atoms with van der Waals surface area (Å²) >= 11 is 0. The summed E-state index contributed by atoms with van der Waals surface area (Å²) < 4.78 is 21.4. The number of nitrogens with one attached hydrogen (secondary N) is 1. The highest BCUT2D eigenvalue weighted by Gasteiger charge is 2.17. The summed E-state index contributed by atoms with van der Waals surface area (Å²) in [6.07, 6.45) is 3.94. The first-order chi connectivity index (χ1) is 14.0. The van der Waals surface area contributed by atoms with Gasteiger partial charge in [0, 0.05) is 37.3 Å². The molecule has 1 unspecified atom stereocenters. The molecule has 0 radical (unpaired) electrons. The predicted octanol–water partition coefficient (Wildman–Crippen LogP) is 3.19. The number of ether oxygens (including phenoxy) is 4. The Morgan fingerprint density at radius 3 is 2.38 bits per heavy atom. The molecule has 0 fully saturated rings. The highest BCUT2D eigenvalue weighted by molar-refractivity contribution is 5.87. The van der Waals surface area contributed by atoms with E-state index in [1.54, 1.807) is 40.8 Å².